The van der Waals surface area contributed by atoms with E-state index in [2.05, 4.69) is 0 Å². The zero-order valence-electron chi connectivity index (χ0n) is 14.9. The molecule has 0 aromatic heterocycles. The Morgan fingerprint density at radius 2 is 1.81 bits per heavy atom. The first-order valence-electron chi connectivity index (χ1n) is 8.61. The molecule has 0 unspecified atom stereocenters. The van der Waals surface area contributed by atoms with Gasteiger partial charge in [-0.05, 0) is 42.8 Å². The molecule has 1 aliphatic rings. The lowest BCUT2D eigenvalue weighted by atomic mass is 10.1. The van der Waals surface area contributed by atoms with E-state index in [4.69, 9.17) is 4.74 Å². The first kappa shape index (κ1) is 18.3. The predicted octanol–water partition coefficient (Wildman–Crippen LogP) is 5.02. The molecule has 0 N–H and O–H groups in total. The molecule has 0 saturated carbocycles. The summed E-state index contributed by atoms with van der Waals surface area (Å²) in [5, 5.41) is -0.242. The molecule has 2 amide bonds. The van der Waals surface area contributed by atoms with E-state index in [0.717, 1.165) is 40.6 Å². The van der Waals surface area contributed by atoms with Crippen molar-refractivity contribution in [2.45, 2.75) is 26.8 Å². The van der Waals surface area contributed by atoms with Gasteiger partial charge in [-0.25, -0.2) is 0 Å². The highest BCUT2D eigenvalue weighted by atomic mass is 32.2. The van der Waals surface area contributed by atoms with Crippen LogP contribution in [0.25, 0.3) is 6.08 Å². The number of thioether (sulfide) groups is 1. The van der Waals surface area contributed by atoms with E-state index in [1.165, 1.54) is 4.90 Å². The monoisotopic (exact) mass is 367 g/mol. The number of benzene rings is 2. The van der Waals surface area contributed by atoms with Gasteiger partial charge in [0.15, 0.2) is 0 Å². The summed E-state index contributed by atoms with van der Waals surface area (Å²) in [4.78, 5) is 26.7. The van der Waals surface area contributed by atoms with Crippen molar-refractivity contribution in [1.82, 2.24) is 4.90 Å². The van der Waals surface area contributed by atoms with Crippen LogP contribution in [0.4, 0.5) is 4.79 Å². The summed E-state index contributed by atoms with van der Waals surface area (Å²) in [5.41, 5.74) is 2.89. The third-order valence-electron chi connectivity index (χ3n) is 4.00. The summed E-state index contributed by atoms with van der Waals surface area (Å²) in [6, 6.07) is 15.4. The molecule has 3 rings (SSSR count). The second kappa shape index (κ2) is 8.23. The minimum atomic E-state index is -0.258. The minimum Gasteiger partial charge on any atom is -0.493 e. The number of hydrogen-bond donors (Lipinski definition) is 0. The molecule has 2 aromatic rings. The second-order valence-electron chi connectivity index (χ2n) is 6.14. The van der Waals surface area contributed by atoms with Crippen LogP contribution in [0, 0.1) is 6.92 Å². The number of rotatable bonds is 6. The molecule has 1 fully saturated rings. The van der Waals surface area contributed by atoms with Crippen LogP contribution in [0.5, 0.6) is 5.75 Å². The number of hydrogen-bond acceptors (Lipinski definition) is 4. The van der Waals surface area contributed by atoms with E-state index in [1.54, 1.807) is 6.08 Å². The minimum absolute atomic E-state index is 0.242. The van der Waals surface area contributed by atoms with E-state index in [1.807, 2.05) is 62.4 Å². The summed E-state index contributed by atoms with van der Waals surface area (Å²) < 4.78 is 5.73. The smallest absolute Gasteiger partial charge is 0.293 e. The fourth-order valence-corrected chi connectivity index (χ4v) is 3.43. The Labute approximate surface area is 157 Å². The van der Waals surface area contributed by atoms with Crippen LogP contribution in [0.15, 0.2) is 53.4 Å². The van der Waals surface area contributed by atoms with Crippen molar-refractivity contribution < 1.29 is 14.3 Å². The number of amides is 2. The van der Waals surface area contributed by atoms with Crippen LogP contribution >= 0.6 is 11.8 Å². The fraction of sp³-hybridized carbons (Fsp3) is 0.238. The molecule has 5 heteroatoms. The van der Waals surface area contributed by atoms with Gasteiger partial charge in [0, 0.05) is 5.56 Å². The Hall–Kier alpha value is -2.53. The van der Waals surface area contributed by atoms with Gasteiger partial charge in [0.05, 0.1) is 18.1 Å². The molecule has 0 aliphatic carbocycles. The van der Waals surface area contributed by atoms with Gasteiger partial charge < -0.3 is 4.74 Å². The maximum Gasteiger partial charge on any atom is 0.293 e. The van der Waals surface area contributed by atoms with Crippen molar-refractivity contribution in [3.63, 3.8) is 0 Å². The van der Waals surface area contributed by atoms with Crippen molar-refractivity contribution >= 4 is 29.0 Å². The Bertz CT molecular complexity index is 843. The molecule has 0 atom stereocenters. The van der Waals surface area contributed by atoms with Gasteiger partial charge >= 0.3 is 0 Å². The standard InChI is InChI=1S/C21H21NO3S/c1-3-12-25-18-7-5-4-6-17(18)13-19-20(23)22(21(24)26-19)14-16-10-8-15(2)9-11-16/h4-11,13H,3,12,14H2,1-2H3/b19-13-. The van der Waals surface area contributed by atoms with Gasteiger partial charge in [0.25, 0.3) is 11.1 Å². The third kappa shape index (κ3) is 4.17. The molecule has 0 bridgehead atoms. The van der Waals surface area contributed by atoms with E-state index in [9.17, 15) is 9.59 Å². The fourth-order valence-electron chi connectivity index (χ4n) is 2.60. The van der Waals surface area contributed by atoms with Gasteiger partial charge in [-0.1, -0.05) is 55.0 Å². The Morgan fingerprint density at radius 1 is 1.08 bits per heavy atom. The molecular formula is C21H21NO3S. The molecule has 1 saturated heterocycles. The zero-order valence-corrected chi connectivity index (χ0v) is 15.7. The van der Waals surface area contributed by atoms with Gasteiger partial charge in [-0.3, -0.25) is 14.5 Å². The Morgan fingerprint density at radius 3 is 2.54 bits per heavy atom. The van der Waals surface area contributed by atoms with Crippen LogP contribution < -0.4 is 4.74 Å². The number of aryl methyl sites for hydroxylation is 1. The largest absolute Gasteiger partial charge is 0.493 e. The molecular weight excluding hydrogens is 346 g/mol. The molecule has 26 heavy (non-hydrogen) atoms. The first-order chi connectivity index (χ1) is 12.6. The van der Waals surface area contributed by atoms with Gasteiger partial charge in [-0.2, -0.15) is 0 Å². The Balaban J connectivity index is 1.80. The first-order valence-corrected chi connectivity index (χ1v) is 9.43. The molecule has 1 aliphatic heterocycles. The van der Waals surface area contributed by atoms with Crippen LogP contribution in [0.2, 0.25) is 0 Å². The number of imide groups is 1. The average Bonchev–Trinajstić information content (AvgIpc) is 2.90. The summed E-state index contributed by atoms with van der Waals surface area (Å²) in [5.74, 6) is 0.463. The van der Waals surface area contributed by atoms with Crippen molar-refractivity contribution in [1.29, 1.82) is 0 Å². The molecule has 2 aromatic carbocycles. The summed E-state index contributed by atoms with van der Waals surface area (Å²) in [6.07, 6.45) is 2.65. The van der Waals surface area contributed by atoms with E-state index in [-0.39, 0.29) is 17.7 Å². The lowest BCUT2D eigenvalue weighted by Gasteiger charge is -2.12. The van der Waals surface area contributed by atoms with Gasteiger partial charge in [0.1, 0.15) is 5.75 Å². The van der Waals surface area contributed by atoms with Crippen molar-refractivity contribution in [2.75, 3.05) is 6.61 Å². The summed E-state index contributed by atoms with van der Waals surface area (Å²) >= 11 is 0.975. The predicted molar refractivity (Wildman–Crippen MR) is 105 cm³/mol. The van der Waals surface area contributed by atoms with Crippen molar-refractivity contribution in [3.8, 4) is 5.75 Å². The van der Waals surface area contributed by atoms with Crippen molar-refractivity contribution in [2.24, 2.45) is 0 Å². The zero-order chi connectivity index (χ0) is 18.5. The van der Waals surface area contributed by atoms with Crippen LogP contribution in [0.1, 0.15) is 30.0 Å². The van der Waals surface area contributed by atoms with E-state index < -0.39 is 0 Å². The molecule has 4 nitrogen and oxygen atoms in total. The summed E-state index contributed by atoms with van der Waals surface area (Å²) in [6.45, 7) is 4.94. The summed E-state index contributed by atoms with van der Waals surface area (Å²) in [7, 11) is 0. The Kier molecular flexibility index (Phi) is 5.78. The number of nitrogens with zero attached hydrogens (tertiary/aromatic N) is 1. The second-order valence-corrected chi connectivity index (χ2v) is 7.13. The highest BCUT2D eigenvalue weighted by Crippen LogP contribution is 2.34. The normalized spacial score (nSPS) is 15.8. The third-order valence-corrected chi connectivity index (χ3v) is 4.91. The number of carbonyl (C=O) groups is 2. The van der Waals surface area contributed by atoms with Gasteiger partial charge in [0.2, 0.25) is 0 Å². The van der Waals surface area contributed by atoms with E-state index in [0.29, 0.717) is 11.5 Å². The lowest BCUT2D eigenvalue weighted by molar-refractivity contribution is -0.123. The molecule has 0 radical (unpaired) electrons. The SMILES string of the molecule is CCCOc1ccccc1/C=C1\SC(=O)N(Cc2ccc(C)cc2)C1=O. The maximum atomic E-state index is 12.7. The number of para-hydroxylation sites is 1. The maximum absolute atomic E-state index is 12.7. The lowest BCUT2D eigenvalue weighted by Crippen LogP contribution is -2.27. The number of ether oxygens (including phenoxy) is 1. The molecule has 1 heterocycles. The van der Waals surface area contributed by atoms with Gasteiger partial charge in [-0.15, -0.1) is 0 Å². The average molecular weight is 367 g/mol. The highest BCUT2D eigenvalue weighted by molar-refractivity contribution is 8.18. The quantitative estimate of drug-likeness (QED) is 0.673. The molecule has 134 valence electrons. The number of carbonyl (C=O) groups excluding carboxylic acids is 2. The molecule has 0 spiro atoms. The van der Waals surface area contributed by atoms with Crippen LogP contribution in [-0.2, 0) is 11.3 Å². The van der Waals surface area contributed by atoms with Crippen molar-refractivity contribution in [3.05, 3.63) is 70.1 Å². The topological polar surface area (TPSA) is 46.6 Å². The van der Waals surface area contributed by atoms with E-state index >= 15 is 0 Å². The van der Waals surface area contributed by atoms with Crippen LogP contribution in [0.3, 0.4) is 0 Å². The highest BCUT2D eigenvalue weighted by Gasteiger charge is 2.35. The van der Waals surface area contributed by atoms with Crippen LogP contribution in [-0.4, -0.2) is 22.7 Å².